The molecule has 0 spiro atoms. The molecular weight excluding hydrogens is 122 g/mol. The third kappa shape index (κ3) is 5.67. The molecule has 0 fully saturated rings. The summed E-state index contributed by atoms with van der Waals surface area (Å²) < 4.78 is 0. The first-order valence-electron chi connectivity index (χ1n) is 4.22. The van der Waals surface area contributed by atoms with E-state index in [9.17, 15) is 0 Å². The Morgan fingerprint density at radius 2 is 2.00 bits per heavy atom. The molecule has 1 heteroatoms. The van der Waals surface area contributed by atoms with Crippen LogP contribution in [0.3, 0.4) is 0 Å². The lowest BCUT2D eigenvalue weighted by Gasteiger charge is -1.98. The summed E-state index contributed by atoms with van der Waals surface area (Å²) in [7, 11) is 0. The molecule has 0 aliphatic carbocycles. The molecule has 0 amide bonds. The Bertz CT molecular complexity index is 94.9. The number of hydrogen-bond acceptors (Lipinski definition) is 1. The van der Waals surface area contributed by atoms with Gasteiger partial charge in [0.1, 0.15) is 0 Å². The second-order valence-corrected chi connectivity index (χ2v) is 2.67. The fourth-order valence-corrected chi connectivity index (χ4v) is 0.900. The second kappa shape index (κ2) is 6.66. The van der Waals surface area contributed by atoms with Crippen LogP contribution < -0.4 is 5.73 Å². The number of rotatable bonds is 5. The molecule has 0 aromatic carbocycles. The van der Waals surface area contributed by atoms with Crippen LogP contribution in [0, 0.1) is 0 Å². The standard InChI is InChI=1S/C9H19N/c1-3-5-6-7-8-9(10)4-2/h4H,3,5-8,10H2,1-2H3. The lowest BCUT2D eigenvalue weighted by molar-refractivity contribution is 0.662. The van der Waals surface area contributed by atoms with E-state index in [1.54, 1.807) is 0 Å². The molecule has 0 saturated heterocycles. The molecular formula is C9H19N. The van der Waals surface area contributed by atoms with Gasteiger partial charge in [-0.3, -0.25) is 0 Å². The summed E-state index contributed by atoms with van der Waals surface area (Å²) in [4.78, 5) is 0. The number of unbranched alkanes of at least 4 members (excludes halogenated alkanes) is 3. The summed E-state index contributed by atoms with van der Waals surface area (Å²) in [6.45, 7) is 4.22. The van der Waals surface area contributed by atoms with E-state index in [1.165, 1.54) is 25.7 Å². The van der Waals surface area contributed by atoms with Crippen molar-refractivity contribution in [3.05, 3.63) is 11.8 Å². The van der Waals surface area contributed by atoms with Crippen molar-refractivity contribution < 1.29 is 0 Å². The molecule has 0 atom stereocenters. The highest BCUT2D eigenvalue weighted by Gasteiger charge is 1.88. The average Bonchev–Trinajstić information content (AvgIpc) is 1.98. The van der Waals surface area contributed by atoms with Gasteiger partial charge in [-0.15, -0.1) is 0 Å². The molecule has 0 radical (unpaired) electrons. The van der Waals surface area contributed by atoms with Gasteiger partial charge in [0.2, 0.25) is 0 Å². The van der Waals surface area contributed by atoms with Crippen molar-refractivity contribution >= 4 is 0 Å². The number of hydrogen-bond donors (Lipinski definition) is 1. The van der Waals surface area contributed by atoms with Gasteiger partial charge in [-0.05, 0) is 19.8 Å². The summed E-state index contributed by atoms with van der Waals surface area (Å²) in [6, 6.07) is 0. The zero-order valence-corrected chi connectivity index (χ0v) is 7.19. The minimum atomic E-state index is 1.04. The quantitative estimate of drug-likeness (QED) is 0.585. The first kappa shape index (κ1) is 9.54. The maximum Gasteiger partial charge on any atom is 0.00371 e. The molecule has 1 nitrogen and oxygen atoms in total. The van der Waals surface area contributed by atoms with Gasteiger partial charge in [-0.25, -0.2) is 0 Å². The Labute approximate surface area is 64.3 Å². The Morgan fingerprint density at radius 3 is 2.50 bits per heavy atom. The van der Waals surface area contributed by atoms with Gasteiger partial charge in [-0.1, -0.05) is 32.3 Å². The van der Waals surface area contributed by atoms with Gasteiger partial charge in [0.15, 0.2) is 0 Å². The molecule has 10 heavy (non-hydrogen) atoms. The van der Waals surface area contributed by atoms with Crippen LogP contribution in [-0.2, 0) is 0 Å². The van der Waals surface area contributed by atoms with E-state index in [1.807, 2.05) is 13.0 Å². The van der Waals surface area contributed by atoms with Crippen LogP contribution in [-0.4, -0.2) is 0 Å². The van der Waals surface area contributed by atoms with Crippen LogP contribution in [0.2, 0.25) is 0 Å². The molecule has 0 aromatic heterocycles. The Kier molecular flexibility index (Phi) is 6.35. The average molecular weight is 141 g/mol. The smallest absolute Gasteiger partial charge is 0.00371 e. The molecule has 0 saturated carbocycles. The molecule has 0 bridgehead atoms. The third-order valence-corrected chi connectivity index (χ3v) is 1.69. The van der Waals surface area contributed by atoms with Gasteiger partial charge in [-0.2, -0.15) is 0 Å². The fourth-order valence-electron chi connectivity index (χ4n) is 0.900. The SMILES string of the molecule is CC=C(N)CCCCCC. The molecule has 0 rings (SSSR count). The van der Waals surface area contributed by atoms with Crippen LogP contribution in [0.25, 0.3) is 0 Å². The van der Waals surface area contributed by atoms with Crippen LogP contribution in [0.1, 0.15) is 46.0 Å². The first-order chi connectivity index (χ1) is 4.81. The minimum absolute atomic E-state index is 1.04. The van der Waals surface area contributed by atoms with Crippen molar-refractivity contribution in [3.63, 3.8) is 0 Å². The summed E-state index contributed by atoms with van der Waals surface area (Å²) in [5.74, 6) is 0. The van der Waals surface area contributed by atoms with E-state index in [2.05, 4.69) is 6.92 Å². The van der Waals surface area contributed by atoms with Crippen molar-refractivity contribution in [2.45, 2.75) is 46.0 Å². The van der Waals surface area contributed by atoms with E-state index in [0.717, 1.165) is 12.1 Å². The Hall–Kier alpha value is -0.460. The lowest BCUT2D eigenvalue weighted by Crippen LogP contribution is -1.95. The van der Waals surface area contributed by atoms with E-state index in [0.29, 0.717) is 0 Å². The van der Waals surface area contributed by atoms with Crippen molar-refractivity contribution in [1.29, 1.82) is 0 Å². The monoisotopic (exact) mass is 141 g/mol. The Morgan fingerprint density at radius 1 is 1.30 bits per heavy atom. The van der Waals surface area contributed by atoms with Gasteiger partial charge in [0.05, 0.1) is 0 Å². The van der Waals surface area contributed by atoms with Crippen molar-refractivity contribution in [3.8, 4) is 0 Å². The summed E-state index contributed by atoms with van der Waals surface area (Å²) in [5, 5.41) is 0. The fraction of sp³-hybridized carbons (Fsp3) is 0.778. The predicted molar refractivity (Wildman–Crippen MR) is 46.7 cm³/mol. The molecule has 0 aromatic rings. The van der Waals surface area contributed by atoms with E-state index in [4.69, 9.17) is 5.73 Å². The largest absolute Gasteiger partial charge is 0.402 e. The van der Waals surface area contributed by atoms with E-state index < -0.39 is 0 Å². The van der Waals surface area contributed by atoms with Crippen LogP contribution in [0.15, 0.2) is 11.8 Å². The van der Waals surface area contributed by atoms with Gasteiger partial charge >= 0.3 is 0 Å². The summed E-state index contributed by atoms with van der Waals surface area (Å²) in [6.07, 6.45) is 8.30. The molecule has 60 valence electrons. The summed E-state index contributed by atoms with van der Waals surface area (Å²) >= 11 is 0. The molecule has 0 heterocycles. The summed E-state index contributed by atoms with van der Waals surface area (Å²) in [5.41, 5.74) is 6.65. The second-order valence-electron chi connectivity index (χ2n) is 2.67. The highest BCUT2D eigenvalue weighted by atomic mass is 14.6. The topological polar surface area (TPSA) is 26.0 Å². The maximum absolute atomic E-state index is 5.62. The molecule has 2 N–H and O–H groups in total. The number of nitrogens with two attached hydrogens (primary N) is 1. The Balaban J connectivity index is 3.04. The zero-order chi connectivity index (χ0) is 7.82. The van der Waals surface area contributed by atoms with Gasteiger partial charge < -0.3 is 5.73 Å². The minimum Gasteiger partial charge on any atom is -0.402 e. The van der Waals surface area contributed by atoms with Crippen LogP contribution in [0.4, 0.5) is 0 Å². The van der Waals surface area contributed by atoms with Crippen LogP contribution >= 0.6 is 0 Å². The van der Waals surface area contributed by atoms with Crippen molar-refractivity contribution in [2.75, 3.05) is 0 Å². The predicted octanol–water partition coefficient (Wildman–Crippen LogP) is 2.82. The van der Waals surface area contributed by atoms with Crippen molar-refractivity contribution in [1.82, 2.24) is 0 Å². The zero-order valence-electron chi connectivity index (χ0n) is 7.19. The first-order valence-corrected chi connectivity index (χ1v) is 4.22. The lowest BCUT2D eigenvalue weighted by atomic mass is 10.1. The van der Waals surface area contributed by atoms with Gasteiger partial charge in [0, 0.05) is 5.70 Å². The molecule has 0 aliphatic rings. The van der Waals surface area contributed by atoms with Crippen molar-refractivity contribution in [2.24, 2.45) is 5.73 Å². The normalized spacial score (nSPS) is 12.0. The van der Waals surface area contributed by atoms with Crippen LogP contribution in [0.5, 0.6) is 0 Å². The highest BCUT2D eigenvalue weighted by Crippen LogP contribution is 2.05. The number of allylic oxidation sites excluding steroid dienone is 2. The van der Waals surface area contributed by atoms with Gasteiger partial charge in [0.25, 0.3) is 0 Å². The molecule has 0 aliphatic heterocycles. The highest BCUT2D eigenvalue weighted by molar-refractivity contribution is 4.92. The van der Waals surface area contributed by atoms with E-state index in [-0.39, 0.29) is 0 Å². The van der Waals surface area contributed by atoms with E-state index >= 15 is 0 Å². The third-order valence-electron chi connectivity index (χ3n) is 1.69. The molecule has 0 unspecified atom stereocenters. The maximum atomic E-state index is 5.62.